The molecule has 0 aliphatic heterocycles. The van der Waals surface area contributed by atoms with Crippen molar-refractivity contribution in [2.75, 3.05) is 20.2 Å². The number of alkyl halides is 2. The van der Waals surface area contributed by atoms with Gasteiger partial charge in [-0.15, -0.1) is 0 Å². The van der Waals surface area contributed by atoms with Gasteiger partial charge in [0.2, 0.25) is 10.0 Å². The molecule has 0 heterocycles. The minimum Gasteiger partial charge on any atom is -0.495 e. The lowest BCUT2D eigenvalue weighted by molar-refractivity contribution is 0.153. The normalized spacial score (nSPS) is 11.1. The fourth-order valence-corrected chi connectivity index (χ4v) is 2.57. The summed E-state index contributed by atoms with van der Waals surface area (Å²) in [6.45, 7) is -0.845. The van der Waals surface area contributed by atoms with Crippen LogP contribution in [0.1, 0.15) is 5.56 Å². The molecule has 1 rings (SSSR count). The molecule has 3 N–H and O–H groups in total. The summed E-state index contributed by atoms with van der Waals surface area (Å²) in [5.74, 6) is 5.28. The minimum absolute atomic E-state index is 0.0464. The summed E-state index contributed by atoms with van der Waals surface area (Å²) in [6.07, 6.45) is -2.78. The lowest BCUT2D eigenvalue weighted by atomic mass is 10.2. The molecule has 110 valence electrons. The maximum Gasteiger partial charge on any atom is 0.251 e. The van der Waals surface area contributed by atoms with Gasteiger partial charge in [-0.2, -0.15) is 0 Å². The summed E-state index contributed by atoms with van der Waals surface area (Å²) in [6, 6.07) is 4.19. The molecule has 0 aliphatic rings. The second-order valence-electron chi connectivity index (χ2n) is 3.61. The largest absolute Gasteiger partial charge is 0.495 e. The fraction of sp³-hybridized carbons (Fsp3) is 0.333. The van der Waals surface area contributed by atoms with Gasteiger partial charge in [-0.1, -0.05) is 11.8 Å². The average molecular weight is 304 g/mol. The Kier molecular flexibility index (Phi) is 5.88. The third kappa shape index (κ3) is 4.45. The zero-order valence-electron chi connectivity index (χ0n) is 10.7. The lowest BCUT2D eigenvalue weighted by Crippen LogP contribution is -2.29. The van der Waals surface area contributed by atoms with Crippen LogP contribution in [0.4, 0.5) is 8.78 Å². The monoisotopic (exact) mass is 304 g/mol. The topological polar surface area (TPSA) is 81.4 Å². The number of hydrogen-bond acceptors (Lipinski definition) is 4. The smallest absolute Gasteiger partial charge is 0.251 e. The van der Waals surface area contributed by atoms with Crippen molar-refractivity contribution in [2.24, 2.45) is 5.73 Å². The maximum absolute atomic E-state index is 12.1. The zero-order chi connectivity index (χ0) is 15.2. The van der Waals surface area contributed by atoms with Crippen molar-refractivity contribution in [3.05, 3.63) is 23.8 Å². The Hall–Kier alpha value is -1.69. The van der Waals surface area contributed by atoms with Crippen molar-refractivity contribution in [1.82, 2.24) is 4.72 Å². The highest BCUT2D eigenvalue weighted by molar-refractivity contribution is 7.89. The molecule has 0 bridgehead atoms. The van der Waals surface area contributed by atoms with Crippen LogP contribution >= 0.6 is 0 Å². The third-order valence-corrected chi connectivity index (χ3v) is 3.66. The van der Waals surface area contributed by atoms with Crippen molar-refractivity contribution in [3.8, 4) is 17.6 Å². The molecule has 8 heteroatoms. The molecule has 0 saturated carbocycles. The second-order valence-corrected chi connectivity index (χ2v) is 5.35. The van der Waals surface area contributed by atoms with E-state index in [1.54, 1.807) is 10.8 Å². The first-order valence-corrected chi connectivity index (χ1v) is 7.04. The molecule has 0 radical (unpaired) electrons. The molecule has 5 nitrogen and oxygen atoms in total. The van der Waals surface area contributed by atoms with Crippen molar-refractivity contribution in [3.63, 3.8) is 0 Å². The van der Waals surface area contributed by atoms with Crippen LogP contribution in [0, 0.1) is 11.8 Å². The molecule has 0 unspecified atom stereocenters. The van der Waals surface area contributed by atoms with Crippen LogP contribution in [0.2, 0.25) is 0 Å². The molecule has 0 atom stereocenters. The summed E-state index contributed by atoms with van der Waals surface area (Å²) in [5.41, 5.74) is 5.62. The highest BCUT2D eigenvalue weighted by Gasteiger charge is 2.21. The quantitative estimate of drug-likeness (QED) is 0.778. The summed E-state index contributed by atoms with van der Waals surface area (Å²) in [7, 11) is -2.82. The van der Waals surface area contributed by atoms with Gasteiger partial charge in [0.15, 0.2) is 0 Å². The van der Waals surface area contributed by atoms with E-state index in [1.165, 1.54) is 19.2 Å². The molecule has 0 aromatic heterocycles. The van der Waals surface area contributed by atoms with E-state index in [0.29, 0.717) is 5.56 Å². The predicted octanol–water partition coefficient (Wildman–Crippen LogP) is 0.549. The standard InChI is InChI=1S/C12H14F2N2O3S/c1-19-10-5-4-9(3-2-6-15)7-11(10)20(17,18)16-8-12(13)14/h4-5,7,12,16H,6,8,15H2,1H3. The number of sulfonamides is 1. The van der Waals surface area contributed by atoms with E-state index >= 15 is 0 Å². The summed E-state index contributed by atoms with van der Waals surface area (Å²) in [4.78, 5) is -0.246. The first-order valence-electron chi connectivity index (χ1n) is 5.55. The van der Waals surface area contributed by atoms with Crippen LogP contribution in [-0.2, 0) is 10.0 Å². The number of methoxy groups -OCH3 is 1. The Morgan fingerprint density at radius 2 is 2.15 bits per heavy atom. The maximum atomic E-state index is 12.1. The zero-order valence-corrected chi connectivity index (χ0v) is 11.5. The van der Waals surface area contributed by atoms with Crippen LogP contribution in [0.3, 0.4) is 0 Å². The fourth-order valence-electron chi connectivity index (χ4n) is 1.37. The number of benzene rings is 1. The van der Waals surface area contributed by atoms with Gasteiger partial charge in [-0.25, -0.2) is 21.9 Å². The van der Waals surface area contributed by atoms with Crippen LogP contribution < -0.4 is 15.2 Å². The van der Waals surface area contributed by atoms with E-state index in [2.05, 4.69) is 11.8 Å². The van der Waals surface area contributed by atoms with Crippen LogP contribution in [0.15, 0.2) is 23.1 Å². The first kappa shape index (κ1) is 16.4. The third-order valence-electron chi connectivity index (χ3n) is 2.22. The van der Waals surface area contributed by atoms with E-state index < -0.39 is 23.0 Å². The Bertz CT molecular complexity index is 621. The van der Waals surface area contributed by atoms with Crippen molar-refractivity contribution < 1.29 is 21.9 Å². The SMILES string of the molecule is COc1ccc(C#CCN)cc1S(=O)(=O)NCC(F)F. The minimum atomic E-state index is -4.10. The molecule has 20 heavy (non-hydrogen) atoms. The van der Waals surface area contributed by atoms with Gasteiger partial charge in [0, 0.05) is 5.56 Å². The number of nitrogens with one attached hydrogen (secondary N) is 1. The summed E-state index contributed by atoms with van der Waals surface area (Å²) >= 11 is 0. The second kappa shape index (κ2) is 7.19. The van der Waals surface area contributed by atoms with Crippen LogP contribution in [0.25, 0.3) is 0 Å². The lowest BCUT2D eigenvalue weighted by Gasteiger charge is -2.10. The molecule has 0 fully saturated rings. The van der Waals surface area contributed by atoms with Gasteiger partial charge in [-0.05, 0) is 18.2 Å². The Morgan fingerprint density at radius 3 is 2.70 bits per heavy atom. The average Bonchev–Trinajstić information content (AvgIpc) is 2.42. The van der Waals surface area contributed by atoms with Crippen LogP contribution in [-0.4, -0.2) is 35.0 Å². The number of rotatable bonds is 5. The number of halogens is 2. The highest BCUT2D eigenvalue weighted by Crippen LogP contribution is 2.24. The van der Waals surface area contributed by atoms with Crippen molar-refractivity contribution in [2.45, 2.75) is 11.3 Å². The van der Waals surface area contributed by atoms with Gasteiger partial charge in [0.1, 0.15) is 10.6 Å². The number of hydrogen-bond donors (Lipinski definition) is 2. The molecule has 0 aliphatic carbocycles. The number of nitrogens with two attached hydrogens (primary N) is 1. The van der Waals surface area contributed by atoms with E-state index in [9.17, 15) is 17.2 Å². The van der Waals surface area contributed by atoms with Crippen molar-refractivity contribution >= 4 is 10.0 Å². The van der Waals surface area contributed by atoms with E-state index in [4.69, 9.17) is 10.5 Å². The van der Waals surface area contributed by atoms with Crippen molar-refractivity contribution in [1.29, 1.82) is 0 Å². The molecule has 1 aromatic carbocycles. The molecule has 0 spiro atoms. The predicted molar refractivity (Wildman–Crippen MR) is 70.1 cm³/mol. The van der Waals surface area contributed by atoms with Gasteiger partial charge in [-0.3, -0.25) is 0 Å². The van der Waals surface area contributed by atoms with Gasteiger partial charge in [0.25, 0.3) is 6.43 Å². The van der Waals surface area contributed by atoms with Gasteiger partial charge < -0.3 is 10.5 Å². The Labute approximate surface area is 116 Å². The summed E-state index contributed by atoms with van der Waals surface area (Å²) < 4.78 is 54.8. The summed E-state index contributed by atoms with van der Waals surface area (Å²) in [5, 5.41) is 0. The first-order chi connectivity index (χ1) is 9.40. The van der Waals surface area contributed by atoms with E-state index in [1.807, 2.05) is 0 Å². The molecule has 0 saturated heterocycles. The van der Waals surface area contributed by atoms with E-state index in [0.717, 1.165) is 0 Å². The molecule has 1 aromatic rings. The van der Waals surface area contributed by atoms with E-state index in [-0.39, 0.29) is 17.2 Å². The highest BCUT2D eigenvalue weighted by atomic mass is 32.2. The van der Waals surface area contributed by atoms with Gasteiger partial charge >= 0.3 is 0 Å². The molecular formula is C12H14F2N2O3S. The molecular weight excluding hydrogens is 290 g/mol. The van der Waals surface area contributed by atoms with Gasteiger partial charge in [0.05, 0.1) is 20.2 Å². The number of ether oxygens (including phenoxy) is 1. The Balaban J connectivity index is 3.19. The Morgan fingerprint density at radius 1 is 1.45 bits per heavy atom. The molecule has 0 amide bonds. The van der Waals surface area contributed by atoms with Crippen LogP contribution in [0.5, 0.6) is 5.75 Å².